The highest BCUT2D eigenvalue weighted by Gasteiger charge is 2.40. The van der Waals surface area contributed by atoms with Crippen molar-refractivity contribution in [3.05, 3.63) is 83.9 Å². The molecule has 0 saturated heterocycles. The highest BCUT2D eigenvalue weighted by atomic mass is 16.6. The molecule has 0 fully saturated rings. The molecular formula is C24H26N2O4. The molecule has 0 aromatic heterocycles. The second kappa shape index (κ2) is 9.89. The van der Waals surface area contributed by atoms with E-state index in [1.807, 2.05) is 72.8 Å². The second-order valence-corrected chi connectivity index (χ2v) is 7.21. The van der Waals surface area contributed by atoms with Gasteiger partial charge in [-0.05, 0) is 28.7 Å². The minimum absolute atomic E-state index is 0.104. The van der Waals surface area contributed by atoms with Crippen molar-refractivity contribution in [3.63, 3.8) is 0 Å². The van der Waals surface area contributed by atoms with Gasteiger partial charge in [-0.3, -0.25) is 4.79 Å². The molecule has 6 heteroatoms. The predicted octanol–water partition coefficient (Wildman–Crippen LogP) is 3.28. The van der Waals surface area contributed by atoms with Crippen LogP contribution in [0.1, 0.15) is 30.4 Å². The van der Waals surface area contributed by atoms with Crippen LogP contribution in [0.25, 0.3) is 11.1 Å². The van der Waals surface area contributed by atoms with Crippen LogP contribution in [0.4, 0.5) is 4.79 Å². The van der Waals surface area contributed by atoms with Crippen molar-refractivity contribution in [2.75, 3.05) is 13.2 Å². The smallest absolute Gasteiger partial charge is 0.407 e. The fraction of sp³-hybridized carbons (Fsp3) is 0.250. The molecule has 30 heavy (non-hydrogen) atoms. The van der Waals surface area contributed by atoms with Crippen molar-refractivity contribution in [1.29, 1.82) is 0 Å². The van der Waals surface area contributed by atoms with Gasteiger partial charge >= 0.3 is 6.09 Å². The summed E-state index contributed by atoms with van der Waals surface area (Å²) in [5.41, 5.74) is 8.46. The van der Waals surface area contributed by atoms with E-state index in [0.29, 0.717) is 12.8 Å². The van der Waals surface area contributed by atoms with Gasteiger partial charge in [0, 0.05) is 12.8 Å². The molecule has 1 aliphatic carbocycles. The lowest BCUT2D eigenvalue weighted by Gasteiger charge is -2.40. The molecule has 2 aromatic rings. The molecule has 1 atom stereocenters. The van der Waals surface area contributed by atoms with Crippen LogP contribution < -0.4 is 11.1 Å². The van der Waals surface area contributed by atoms with Gasteiger partial charge in [-0.1, -0.05) is 72.8 Å². The number of ether oxygens (including phenoxy) is 1. The molecule has 0 bridgehead atoms. The summed E-state index contributed by atoms with van der Waals surface area (Å²) in [4.78, 5) is 24.2. The molecule has 156 valence electrons. The van der Waals surface area contributed by atoms with Gasteiger partial charge in [0.2, 0.25) is 5.91 Å². The van der Waals surface area contributed by atoms with Crippen LogP contribution in [0, 0.1) is 0 Å². The number of hydrogen-bond acceptors (Lipinski definition) is 4. The van der Waals surface area contributed by atoms with Crippen LogP contribution in [-0.4, -0.2) is 35.9 Å². The van der Waals surface area contributed by atoms with Crippen molar-refractivity contribution in [2.24, 2.45) is 5.73 Å². The molecule has 4 N–H and O–H groups in total. The van der Waals surface area contributed by atoms with E-state index in [9.17, 15) is 9.59 Å². The Labute approximate surface area is 176 Å². The fourth-order valence-electron chi connectivity index (χ4n) is 3.77. The Morgan fingerprint density at radius 1 is 1.00 bits per heavy atom. The molecule has 0 aliphatic heterocycles. The van der Waals surface area contributed by atoms with E-state index in [1.54, 1.807) is 0 Å². The van der Waals surface area contributed by atoms with Crippen molar-refractivity contribution in [3.8, 4) is 0 Å². The Balaban J connectivity index is 2.06. The SMILES string of the molecule is NC(=O)CCC1(NC(=O)OCCO)CC(c2ccccc2)=CC=C1c1ccccc1. The molecule has 0 heterocycles. The van der Waals surface area contributed by atoms with Crippen LogP contribution >= 0.6 is 0 Å². The van der Waals surface area contributed by atoms with E-state index < -0.39 is 17.5 Å². The maximum Gasteiger partial charge on any atom is 0.407 e. The maximum atomic E-state index is 12.5. The Morgan fingerprint density at radius 2 is 1.63 bits per heavy atom. The summed E-state index contributed by atoms with van der Waals surface area (Å²) < 4.78 is 5.09. The Bertz CT molecular complexity index is 938. The number of alkyl carbamates (subject to hydrolysis) is 1. The van der Waals surface area contributed by atoms with E-state index >= 15 is 0 Å². The number of hydrogen-bond donors (Lipinski definition) is 3. The molecule has 0 spiro atoms. The summed E-state index contributed by atoms with van der Waals surface area (Å²) in [7, 11) is 0. The zero-order valence-electron chi connectivity index (χ0n) is 16.7. The predicted molar refractivity (Wildman–Crippen MR) is 116 cm³/mol. The fourth-order valence-corrected chi connectivity index (χ4v) is 3.77. The zero-order chi connectivity index (χ0) is 21.4. The summed E-state index contributed by atoms with van der Waals surface area (Å²) in [6.45, 7) is -0.373. The number of allylic oxidation sites excluding steroid dienone is 2. The first-order valence-electron chi connectivity index (χ1n) is 9.90. The quantitative estimate of drug-likeness (QED) is 0.626. The van der Waals surface area contributed by atoms with Crippen molar-refractivity contribution >= 4 is 23.1 Å². The number of amides is 2. The third-order valence-electron chi connectivity index (χ3n) is 5.15. The highest BCUT2D eigenvalue weighted by Crippen LogP contribution is 2.42. The summed E-state index contributed by atoms with van der Waals surface area (Å²) in [6, 6.07) is 19.6. The summed E-state index contributed by atoms with van der Waals surface area (Å²) in [5.74, 6) is -0.442. The molecular weight excluding hydrogens is 380 g/mol. The van der Waals surface area contributed by atoms with Crippen LogP contribution in [0.5, 0.6) is 0 Å². The van der Waals surface area contributed by atoms with Crippen molar-refractivity contribution in [1.82, 2.24) is 5.32 Å². The minimum atomic E-state index is -0.886. The van der Waals surface area contributed by atoms with Gasteiger partial charge in [-0.15, -0.1) is 0 Å². The van der Waals surface area contributed by atoms with Gasteiger partial charge in [0.25, 0.3) is 0 Å². The minimum Gasteiger partial charge on any atom is -0.447 e. The van der Waals surface area contributed by atoms with E-state index in [2.05, 4.69) is 5.32 Å². The largest absolute Gasteiger partial charge is 0.447 e. The topological polar surface area (TPSA) is 102 Å². The lowest BCUT2D eigenvalue weighted by Crippen LogP contribution is -2.51. The normalized spacial score (nSPS) is 18.2. The van der Waals surface area contributed by atoms with Crippen LogP contribution in [0.3, 0.4) is 0 Å². The lowest BCUT2D eigenvalue weighted by molar-refractivity contribution is -0.118. The van der Waals surface area contributed by atoms with Crippen LogP contribution in [-0.2, 0) is 9.53 Å². The van der Waals surface area contributed by atoms with Gasteiger partial charge in [0.15, 0.2) is 0 Å². The third kappa shape index (κ3) is 5.15. The van der Waals surface area contributed by atoms with E-state index in [0.717, 1.165) is 22.3 Å². The molecule has 2 amide bonds. The van der Waals surface area contributed by atoms with E-state index in [-0.39, 0.29) is 19.6 Å². The average Bonchev–Trinajstić information content (AvgIpc) is 2.77. The number of benzene rings is 2. The Hall–Kier alpha value is -3.38. The highest BCUT2D eigenvalue weighted by molar-refractivity contribution is 5.87. The van der Waals surface area contributed by atoms with Gasteiger partial charge in [0.05, 0.1) is 12.1 Å². The number of nitrogens with one attached hydrogen (secondary N) is 1. The van der Waals surface area contributed by atoms with Gasteiger partial charge in [0.1, 0.15) is 6.61 Å². The second-order valence-electron chi connectivity index (χ2n) is 7.21. The summed E-state index contributed by atoms with van der Waals surface area (Å²) in [5, 5.41) is 12.0. The Kier molecular flexibility index (Phi) is 7.03. The molecule has 1 aliphatic rings. The first-order valence-corrected chi connectivity index (χ1v) is 9.90. The number of aliphatic hydroxyl groups is 1. The van der Waals surface area contributed by atoms with Crippen LogP contribution in [0.15, 0.2) is 72.8 Å². The molecule has 0 saturated carbocycles. The summed E-state index contributed by atoms with van der Waals surface area (Å²) >= 11 is 0. The van der Waals surface area contributed by atoms with Crippen LogP contribution in [0.2, 0.25) is 0 Å². The molecule has 0 radical (unpaired) electrons. The first-order chi connectivity index (χ1) is 14.5. The summed E-state index contributed by atoms with van der Waals surface area (Å²) in [6.07, 6.45) is 4.27. The average molecular weight is 406 g/mol. The maximum absolute atomic E-state index is 12.5. The lowest BCUT2D eigenvalue weighted by atomic mass is 9.72. The standard InChI is InChI=1S/C24H26N2O4/c25-22(28)13-14-24(26-23(29)30-16-15-27)17-20(18-7-3-1-4-8-18)11-12-21(24)19-9-5-2-6-10-19/h1-12,27H,13-17H2,(H2,25,28)(H,26,29). The Morgan fingerprint density at radius 3 is 2.23 bits per heavy atom. The number of nitrogens with two attached hydrogens (primary N) is 1. The number of carbonyl (C=O) groups is 2. The number of rotatable bonds is 8. The molecule has 6 nitrogen and oxygen atoms in total. The van der Waals surface area contributed by atoms with Gasteiger partial charge in [-0.2, -0.15) is 0 Å². The van der Waals surface area contributed by atoms with E-state index in [1.165, 1.54) is 0 Å². The third-order valence-corrected chi connectivity index (χ3v) is 5.15. The number of primary amides is 1. The molecule has 1 unspecified atom stereocenters. The molecule has 3 rings (SSSR count). The van der Waals surface area contributed by atoms with Crippen molar-refractivity contribution in [2.45, 2.75) is 24.8 Å². The zero-order valence-corrected chi connectivity index (χ0v) is 16.7. The van der Waals surface area contributed by atoms with Gasteiger partial charge in [-0.25, -0.2) is 4.79 Å². The monoisotopic (exact) mass is 406 g/mol. The van der Waals surface area contributed by atoms with Crippen molar-refractivity contribution < 1.29 is 19.4 Å². The number of carbonyl (C=O) groups excluding carboxylic acids is 2. The first kappa shape index (κ1) is 21.3. The van der Waals surface area contributed by atoms with E-state index in [4.69, 9.17) is 15.6 Å². The van der Waals surface area contributed by atoms with Gasteiger partial charge < -0.3 is 20.9 Å². The number of aliphatic hydroxyl groups excluding tert-OH is 1. The molecule has 2 aromatic carbocycles.